The molecule has 0 N–H and O–H groups in total. The molecule has 0 saturated heterocycles. The molecule has 0 bridgehead atoms. The van der Waals surface area contributed by atoms with Crippen molar-refractivity contribution in [3.63, 3.8) is 0 Å². The fourth-order valence-corrected chi connectivity index (χ4v) is 1.52. The van der Waals surface area contributed by atoms with Crippen LogP contribution in [0.25, 0.3) is 0 Å². The number of carbonyl (C=O) groups is 1. The number of unbranched alkanes of at least 4 members (excludes halogenated alkanes) is 1. The molecule has 0 aliphatic carbocycles. The minimum atomic E-state index is 0.0918. The fraction of sp³-hybridized carbons (Fsp3) is 0.909. The number of halogens is 1. The van der Waals surface area contributed by atoms with E-state index in [0.29, 0.717) is 12.5 Å². The Morgan fingerprint density at radius 1 is 1.36 bits per heavy atom. The van der Waals surface area contributed by atoms with E-state index in [2.05, 4.69) is 6.92 Å². The van der Waals surface area contributed by atoms with Crippen molar-refractivity contribution in [2.24, 2.45) is 5.92 Å². The highest BCUT2D eigenvalue weighted by molar-refractivity contribution is 6.18. The average molecular weight is 221 g/mol. The number of Topliss-reactive ketones (excluding diaryl/α,β-unsaturated/α-hetero) is 1. The van der Waals surface area contributed by atoms with E-state index in [1.165, 1.54) is 0 Å². The van der Waals surface area contributed by atoms with E-state index in [9.17, 15) is 4.79 Å². The van der Waals surface area contributed by atoms with Crippen molar-refractivity contribution in [2.75, 3.05) is 19.1 Å². The predicted molar refractivity (Wildman–Crippen MR) is 59.9 cm³/mol. The van der Waals surface area contributed by atoms with Gasteiger partial charge in [0.25, 0.3) is 0 Å². The Bertz CT molecular complexity index is 148. The number of alkyl halides is 1. The Balaban J connectivity index is 3.46. The number of ether oxygens (including phenoxy) is 1. The predicted octanol–water partition coefficient (Wildman–Crippen LogP) is 3.03. The van der Waals surface area contributed by atoms with Gasteiger partial charge in [0.15, 0.2) is 0 Å². The second kappa shape index (κ2) is 9.47. The van der Waals surface area contributed by atoms with Gasteiger partial charge in [-0.05, 0) is 26.2 Å². The van der Waals surface area contributed by atoms with Crippen molar-refractivity contribution < 1.29 is 9.53 Å². The molecule has 0 saturated carbocycles. The molecule has 0 aliphatic rings. The van der Waals surface area contributed by atoms with Crippen LogP contribution < -0.4 is 0 Å². The molecule has 0 rings (SSSR count). The van der Waals surface area contributed by atoms with Gasteiger partial charge in [-0.1, -0.05) is 13.3 Å². The second-order valence-electron chi connectivity index (χ2n) is 3.54. The molecule has 0 aromatic carbocycles. The van der Waals surface area contributed by atoms with Crippen LogP contribution in [0.15, 0.2) is 0 Å². The Kier molecular flexibility index (Phi) is 9.42. The maximum Gasteiger partial charge on any atom is 0.133 e. The van der Waals surface area contributed by atoms with Gasteiger partial charge in [-0.2, -0.15) is 0 Å². The highest BCUT2D eigenvalue weighted by atomic mass is 35.5. The number of rotatable bonds is 9. The minimum absolute atomic E-state index is 0.0918. The molecule has 84 valence electrons. The van der Waals surface area contributed by atoms with Crippen molar-refractivity contribution in [3.8, 4) is 0 Å². The van der Waals surface area contributed by atoms with Gasteiger partial charge < -0.3 is 4.74 Å². The van der Waals surface area contributed by atoms with Crippen molar-refractivity contribution in [1.29, 1.82) is 0 Å². The lowest BCUT2D eigenvalue weighted by Crippen LogP contribution is -2.14. The van der Waals surface area contributed by atoms with Gasteiger partial charge in [0, 0.05) is 25.0 Å². The largest absolute Gasteiger partial charge is 0.381 e. The molecule has 0 aromatic heterocycles. The molecule has 0 aliphatic heterocycles. The normalized spacial score (nSPS) is 12.8. The van der Waals surface area contributed by atoms with Crippen LogP contribution in [-0.4, -0.2) is 24.9 Å². The third kappa shape index (κ3) is 7.34. The fourth-order valence-electron chi connectivity index (χ4n) is 1.26. The molecule has 1 atom stereocenters. The number of carbonyl (C=O) groups excluding carboxylic acids is 1. The first-order chi connectivity index (χ1) is 6.72. The van der Waals surface area contributed by atoms with E-state index in [1.54, 1.807) is 6.92 Å². The van der Waals surface area contributed by atoms with E-state index in [1.807, 2.05) is 0 Å². The van der Waals surface area contributed by atoms with Gasteiger partial charge >= 0.3 is 0 Å². The third-order valence-electron chi connectivity index (χ3n) is 2.29. The zero-order valence-corrected chi connectivity index (χ0v) is 9.98. The lowest BCUT2D eigenvalue weighted by atomic mass is 9.99. The second-order valence-corrected chi connectivity index (χ2v) is 3.92. The number of hydrogen-bond donors (Lipinski definition) is 0. The molecular weight excluding hydrogens is 200 g/mol. The van der Waals surface area contributed by atoms with Gasteiger partial charge in [0.1, 0.15) is 5.78 Å². The topological polar surface area (TPSA) is 26.3 Å². The zero-order chi connectivity index (χ0) is 10.8. The molecule has 0 fully saturated rings. The van der Waals surface area contributed by atoms with Gasteiger partial charge in [0.2, 0.25) is 0 Å². The van der Waals surface area contributed by atoms with Crippen molar-refractivity contribution in [1.82, 2.24) is 0 Å². The minimum Gasteiger partial charge on any atom is -0.381 e. The highest BCUT2D eigenvalue weighted by Crippen LogP contribution is 2.11. The number of hydrogen-bond acceptors (Lipinski definition) is 2. The summed E-state index contributed by atoms with van der Waals surface area (Å²) >= 11 is 5.61. The van der Waals surface area contributed by atoms with E-state index in [4.69, 9.17) is 16.3 Å². The summed E-state index contributed by atoms with van der Waals surface area (Å²) in [5, 5.41) is 0. The van der Waals surface area contributed by atoms with E-state index in [0.717, 1.165) is 32.3 Å². The summed E-state index contributed by atoms with van der Waals surface area (Å²) in [6, 6.07) is 0. The molecule has 2 nitrogen and oxygen atoms in total. The molecular formula is C11H21ClO2. The van der Waals surface area contributed by atoms with Crippen molar-refractivity contribution in [2.45, 2.75) is 39.5 Å². The smallest absolute Gasteiger partial charge is 0.133 e. The monoisotopic (exact) mass is 220 g/mol. The quantitative estimate of drug-likeness (QED) is 0.441. The molecule has 0 amide bonds. The summed E-state index contributed by atoms with van der Waals surface area (Å²) in [5.74, 6) is 0.873. The van der Waals surface area contributed by atoms with Crippen LogP contribution in [0.2, 0.25) is 0 Å². The summed E-state index contributed by atoms with van der Waals surface area (Å²) in [4.78, 5) is 11.1. The Hall–Kier alpha value is -0.0800. The van der Waals surface area contributed by atoms with Gasteiger partial charge in [-0.15, -0.1) is 11.6 Å². The Morgan fingerprint density at radius 2 is 2.07 bits per heavy atom. The van der Waals surface area contributed by atoms with Gasteiger partial charge in [-0.25, -0.2) is 0 Å². The zero-order valence-electron chi connectivity index (χ0n) is 9.22. The van der Waals surface area contributed by atoms with Crippen LogP contribution in [0.4, 0.5) is 0 Å². The van der Waals surface area contributed by atoms with Crippen LogP contribution in [0.5, 0.6) is 0 Å². The first-order valence-corrected chi connectivity index (χ1v) is 5.90. The van der Waals surface area contributed by atoms with Crippen LogP contribution in [0.1, 0.15) is 39.5 Å². The summed E-state index contributed by atoms with van der Waals surface area (Å²) in [6.07, 6.45) is 3.83. The van der Waals surface area contributed by atoms with Gasteiger partial charge in [-0.3, -0.25) is 4.79 Å². The molecule has 0 aromatic rings. The number of ketones is 1. The Labute approximate surface area is 92.0 Å². The summed E-state index contributed by atoms with van der Waals surface area (Å²) in [7, 11) is 0. The Morgan fingerprint density at radius 3 is 2.57 bits per heavy atom. The molecule has 3 heteroatoms. The van der Waals surface area contributed by atoms with Crippen LogP contribution in [0.3, 0.4) is 0 Å². The van der Waals surface area contributed by atoms with E-state index >= 15 is 0 Å². The van der Waals surface area contributed by atoms with Crippen LogP contribution in [0, 0.1) is 5.92 Å². The molecule has 1 unspecified atom stereocenters. The summed E-state index contributed by atoms with van der Waals surface area (Å²) < 4.78 is 5.41. The molecule has 14 heavy (non-hydrogen) atoms. The summed E-state index contributed by atoms with van der Waals surface area (Å²) in [6.45, 7) is 5.25. The standard InChI is InChI=1S/C11H21ClO2/c1-3-4-8-14-9-6-11(5-7-12)10(2)13/h11H,3-9H2,1-2H3. The third-order valence-corrected chi connectivity index (χ3v) is 2.50. The van der Waals surface area contributed by atoms with Gasteiger partial charge in [0.05, 0.1) is 0 Å². The maximum absolute atomic E-state index is 11.1. The van der Waals surface area contributed by atoms with E-state index in [-0.39, 0.29) is 11.7 Å². The SMILES string of the molecule is CCCCOCCC(CCCl)C(C)=O. The average Bonchev–Trinajstić information content (AvgIpc) is 2.15. The molecule has 0 heterocycles. The lowest BCUT2D eigenvalue weighted by molar-refractivity contribution is -0.121. The lowest BCUT2D eigenvalue weighted by Gasteiger charge is -2.11. The molecule has 0 spiro atoms. The maximum atomic E-state index is 11.1. The molecule has 0 radical (unpaired) electrons. The summed E-state index contributed by atoms with van der Waals surface area (Å²) in [5.41, 5.74) is 0. The first-order valence-electron chi connectivity index (χ1n) is 5.36. The van der Waals surface area contributed by atoms with Crippen molar-refractivity contribution in [3.05, 3.63) is 0 Å². The van der Waals surface area contributed by atoms with E-state index < -0.39 is 0 Å². The van der Waals surface area contributed by atoms with Crippen molar-refractivity contribution >= 4 is 17.4 Å². The first kappa shape index (κ1) is 13.9. The van der Waals surface area contributed by atoms with Crippen LogP contribution in [-0.2, 0) is 9.53 Å². The van der Waals surface area contributed by atoms with Crippen LogP contribution >= 0.6 is 11.6 Å². The highest BCUT2D eigenvalue weighted by Gasteiger charge is 2.12.